The summed E-state index contributed by atoms with van der Waals surface area (Å²) in [6.45, 7) is 0.0648. The lowest BCUT2D eigenvalue weighted by molar-refractivity contribution is 0.576. The van der Waals surface area contributed by atoms with Crippen molar-refractivity contribution in [2.45, 2.75) is 12.4 Å². The molecule has 1 saturated heterocycles. The van der Waals surface area contributed by atoms with Crippen LogP contribution < -0.4 is 0 Å². The Kier molecular flexibility index (Phi) is 0.692. The lowest BCUT2D eigenvalue weighted by atomic mass is 9.27. The summed E-state index contributed by atoms with van der Waals surface area (Å²) >= 11 is 0. The van der Waals surface area contributed by atoms with Crippen molar-refractivity contribution in [3.05, 3.63) is 0 Å². The van der Waals surface area contributed by atoms with Gasteiger partial charge in [-0.1, -0.05) is 12.4 Å². The van der Waals surface area contributed by atoms with Crippen molar-refractivity contribution >= 4 is 14.2 Å². The van der Waals surface area contributed by atoms with Crippen LogP contribution in [0.2, 0.25) is 12.4 Å². The maximum absolute atomic E-state index is 8.45. The monoisotopic (exact) mass is 68.1 g/mol. The zero-order valence-electron chi connectivity index (χ0n) is 3.15. The van der Waals surface area contributed by atoms with Crippen LogP contribution in [-0.2, 0) is 0 Å². The molecule has 0 atom stereocenters. The SMILES string of the molecule is OB1CBC1. The van der Waals surface area contributed by atoms with Crippen molar-refractivity contribution in [2.24, 2.45) is 0 Å². The molecule has 1 nitrogen and oxygen atoms in total. The predicted octanol–water partition coefficient (Wildman–Crippen LogP) is -0.665. The topological polar surface area (TPSA) is 20.2 Å². The van der Waals surface area contributed by atoms with E-state index in [1.165, 1.54) is 7.28 Å². The van der Waals surface area contributed by atoms with E-state index in [9.17, 15) is 0 Å². The molecular weight excluding hydrogens is 61.6 g/mol. The molecule has 3 heteroatoms. The molecule has 0 amide bonds. The molecule has 0 aromatic carbocycles. The third-order valence-electron chi connectivity index (χ3n) is 1.07. The van der Waals surface area contributed by atoms with Gasteiger partial charge in [-0.15, -0.1) is 0 Å². The molecule has 1 rings (SSSR count). The van der Waals surface area contributed by atoms with Gasteiger partial charge in [-0.2, -0.15) is 0 Å². The molecule has 0 bridgehead atoms. The van der Waals surface area contributed by atoms with Crippen molar-refractivity contribution in [1.29, 1.82) is 0 Å². The zero-order chi connectivity index (χ0) is 3.70. The van der Waals surface area contributed by atoms with Gasteiger partial charge in [0.1, 0.15) is 7.28 Å². The van der Waals surface area contributed by atoms with Crippen molar-refractivity contribution < 1.29 is 5.02 Å². The van der Waals surface area contributed by atoms with E-state index in [1.54, 1.807) is 0 Å². The number of hydrogen-bond acceptors (Lipinski definition) is 1. The molecule has 0 aliphatic carbocycles. The first-order valence-electron chi connectivity index (χ1n) is 2.07. The van der Waals surface area contributed by atoms with Gasteiger partial charge < -0.3 is 5.02 Å². The van der Waals surface area contributed by atoms with Gasteiger partial charge in [-0.25, -0.2) is 0 Å². The minimum absolute atomic E-state index is 0.0648. The molecule has 0 spiro atoms. The van der Waals surface area contributed by atoms with Gasteiger partial charge in [0.05, 0.1) is 0 Å². The molecule has 1 N–H and O–H groups in total. The van der Waals surface area contributed by atoms with Gasteiger partial charge in [0, 0.05) is 0 Å². The van der Waals surface area contributed by atoms with E-state index in [4.69, 9.17) is 5.02 Å². The molecule has 0 unspecified atom stereocenters. The smallest absolute Gasteiger partial charge is 0.273 e. The largest absolute Gasteiger partial charge is 0.452 e. The number of rotatable bonds is 0. The normalized spacial score (nSPS) is 20.6. The first-order chi connectivity index (χ1) is 2.39. The van der Waals surface area contributed by atoms with Gasteiger partial charge >= 0.3 is 0 Å². The maximum atomic E-state index is 8.45. The average Bonchev–Trinajstić information content (AvgIpc) is 1.30. The highest BCUT2D eigenvalue weighted by atomic mass is 16.2. The Morgan fingerprint density at radius 2 is 2.00 bits per heavy atom. The quantitative estimate of drug-likeness (QED) is 0.373. The highest BCUT2D eigenvalue weighted by molar-refractivity contribution is 6.82. The lowest BCUT2D eigenvalue weighted by Crippen LogP contribution is -2.28. The minimum atomic E-state index is 0.0648. The minimum Gasteiger partial charge on any atom is -0.452 e. The van der Waals surface area contributed by atoms with Crippen molar-refractivity contribution in [3.8, 4) is 0 Å². The third kappa shape index (κ3) is 0.482. The summed E-state index contributed by atoms with van der Waals surface area (Å²) in [6, 6.07) is 0. The maximum Gasteiger partial charge on any atom is 0.273 e. The van der Waals surface area contributed by atoms with Crippen LogP contribution in [0.4, 0.5) is 0 Å². The highest BCUT2D eigenvalue weighted by Gasteiger charge is 2.19. The molecule has 5 heavy (non-hydrogen) atoms. The summed E-state index contributed by atoms with van der Waals surface area (Å²) in [5, 5.41) is 8.45. The van der Waals surface area contributed by atoms with Crippen LogP contribution in [-0.4, -0.2) is 19.2 Å². The zero-order valence-corrected chi connectivity index (χ0v) is 3.15. The van der Waals surface area contributed by atoms with Crippen LogP contribution in [0, 0.1) is 0 Å². The molecule has 26 valence electrons. The number of hydrogen-bond donors (Lipinski definition) is 1. The summed E-state index contributed by atoms with van der Waals surface area (Å²) < 4.78 is 0. The predicted molar refractivity (Wildman–Crippen MR) is 24.7 cm³/mol. The second kappa shape index (κ2) is 1.05. The van der Waals surface area contributed by atoms with Crippen molar-refractivity contribution in [1.82, 2.24) is 0 Å². The fourth-order valence-electron chi connectivity index (χ4n) is 0.387. The Bertz CT molecular complexity index is 34.6. The molecule has 0 aromatic heterocycles. The highest BCUT2D eigenvalue weighted by Crippen LogP contribution is 2.04. The molecule has 0 aromatic rings. The van der Waals surface area contributed by atoms with E-state index in [0.717, 1.165) is 12.4 Å². The van der Waals surface area contributed by atoms with Crippen molar-refractivity contribution in [2.75, 3.05) is 0 Å². The van der Waals surface area contributed by atoms with Crippen molar-refractivity contribution in [3.63, 3.8) is 0 Å². The van der Waals surface area contributed by atoms with Crippen LogP contribution in [0.5, 0.6) is 0 Å². The molecule has 0 saturated carbocycles. The van der Waals surface area contributed by atoms with Gasteiger partial charge in [0.25, 0.3) is 6.92 Å². The molecule has 1 fully saturated rings. The fraction of sp³-hybridized carbons (Fsp3) is 1.00. The second-order valence-electron chi connectivity index (χ2n) is 1.58. The van der Waals surface area contributed by atoms with Crippen LogP contribution in [0.3, 0.4) is 0 Å². The van der Waals surface area contributed by atoms with Gasteiger partial charge in [-0.3, -0.25) is 0 Å². The van der Waals surface area contributed by atoms with Gasteiger partial charge in [-0.05, 0) is 0 Å². The fourth-order valence-corrected chi connectivity index (χ4v) is 0.387. The summed E-state index contributed by atoms with van der Waals surface area (Å²) in [4.78, 5) is 0. The summed E-state index contributed by atoms with van der Waals surface area (Å²) in [5.41, 5.74) is 0. The molecular formula is C2H6B2O. The van der Waals surface area contributed by atoms with E-state index in [1.807, 2.05) is 0 Å². The average molecular weight is 67.7 g/mol. The van der Waals surface area contributed by atoms with Gasteiger partial charge in [0.15, 0.2) is 0 Å². The molecule has 1 aliphatic heterocycles. The summed E-state index contributed by atoms with van der Waals surface area (Å²) in [5.74, 6) is 0. The molecule has 0 radical (unpaired) electrons. The summed E-state index contributed by atoms with van der Waals surface area (Å²) in [7, 11) is 1.24. The Labute approximate surface area is 32.7 Å². The Morgan fingerprint density at radius 1 is 1.60 bits per heavy atom. The Hall–Kier alpha value is 0.0899. The van der Waals surface area contributed by atoms with E-state index in [0.29, 0.717) is 0 Å². The lowest BCUT2D eigenvalue weighted by Gasteiger charge is -2.10. The van der Waals surface area contributed by atoms with Crippen LogP contribution in [0.25, 0.3) is 0 Å². The van der Waals surface area contributed by atoms with E-state index < -0.39 is 0 Å². The van der Waals surface area contributed by atoms with Crippen LogP contribution in [0.15, 0.2) is 0 Å². The van der Waals surface area contributed by atoms with E-state index in [-0.39, 0.29) is 6.92 Å². The Balaban J connectivity index is 2.08. The molecule has 1 heterocycles. The third-order valence-corrected chi connectivity index (χ3v) is 1.07. The van der Waals surface area contributed by atoms with E-state index >= 15 is 0 Å². The summed E-state index contributed by atoms with van der Waals surface area (Å²) in [6.07, 6.45) is 2.08. The van der Waals surface area contributed by atoms with Crippen LogP contribution >= 0.6 is 0 Å². The van der Waals surface area contributed by atoms with E-state index in [2.05, 4.69) is 0 Å². The second-order valence-corrected chi connectivity index (χ2v) is 1.58. The van der Waals surface area contributed by atoms with Crippen LogP contribution in [0.1, 0.15) is 0 Å². The van der Waals surface area contributed by atoms with Gasteiger partial charge in [0.2, 0.25) is 0 Å². The Morgan fingerprint density at radius 3 is 2.00 bits per heavy atom. The first kappa shape index (κ1) is 3.29. The standard InChI is InChI=1S/C2H6B2O/c5-4-1-3-2-4/h3,5H,1-2H2. The first-order valence-corrected chi connectivity index (χ1v) is 2.07. The molecule has 1 aliphatic rings.